The van der Waals surface area contributed by atoms with Crippen LogP contribution in [0.4, 0.5) is 11.4 Å². The van der Waals surface area contributed by atoms with E-state index < -0.39 is 21.5 Å². The quantitative estimate of drug-likeness (QED) is 0.363. The van der Waals surface area contributed by atoms with E-state index in [1.165, 1.54) is 28.9 Å². The number of para-hydroxylation sites is 1. The van der Waals surface area contributed by atoms with E-state index in [9.17, 15) is 18.0 Å². The van der Waals surface area contributed by atoms with Crippen LogP contribution in [0, 0.1) is 6.92 Å². The lowest BCUT2D eigenvalue weighted by molar-refractivity contribution is 0.102. The lowest BCUT2D eigenvalue weighted by atomic mass is 10.2. The monoisotopic (exact) mass is 508 g/mol. The van der Waals surface area contributed by atoms with Crippen LogP contribution in [0.1, 0.15) is 16.1 Å². The maximum atomic E-state index is 13.2. The fourth-order valence-corrected chi connectivity index (χ4v) is 5.21. The van der Waals surface area contributed by atoms with Crippen LogP contribution in [0.15, 0.2) is 93.4 Å². The summed E-state index contributed by atoms with van der Waals surface area (Å²) >= 11 is 1.55. The molecule has 3 aromatic carbocycles. The number of sulfonamides is 1. The highest BCUT2D eigenvalue weighted by atomic mass is 32.2. The zero-order chi connectivity index (χ0) is 25.2. The summed E-state index contributed by atoms with van der Waals surface area (Å²) in [7, 11) is -2.46. The van der Waals surface area contributed by atoms with Crippen LogP contribution in [0.3, 0.4) is 0 Å². The highest BCUT2D eigenvalue weighted by molar-refractivity contribution is 7.98. The number of nitrogens with zero attached hydrogens (tertiary/aromatic N) is 2. The Kier molecular flexibility index (Phi) is 6.86. The molecular weight excluding hydrogens is 484 g/mol. The average molecular weight is 509 g/mol. The molecule has 8 nitrogen and oxygen atoms in total. The normalized spacial score (nSPS) is 11.3. The Morgan fingerprint density at radius 2 is 1.66 bits per heavy atom. The Labute approximate surface area is 207 Å². The van der Waals surface area contributed by atoms with Crippen LogP contribution in [0.2, 0.25) is 0 Å². The van der Waals surface area contributed by atoms with Crippen molar-refractivity contribution in [1.29, 1.82) is 0 Å². The van der Waals surface area contributed by atoms with Gasteiger partial charge in [0.1, 0.15) is 5.69 Å². The minimum atomic E-state index is -4.14. The summed E-state index contributed by atoms with van der Waals surface area (Å²) in [4.78, 5) is 26.7. The van der Waals surface area contributed by atoms with E-state index in [0.29, 0.717) is 17.1 Å². The first-order chi connectivity index (χ1) is 16.7. The fraction of sp³-hybridized carbons (Fsp3) is 0.120. The third kappa shape index (κ3) is 5.03. The van der Waals surface area contributed by atoms with Crippen molar-refractivity contribution in [2.45, 2.75) is 16.7 Å². The zero-order valence-corrected chi connectivity index (χ0v) is 21.0. The zero-order valence-electron chi connectivity index (χ0n) is 19.3. The van der Waals surface area contributed by atoms with E-state index in [0.717, 1.165) is 4.90 Å². The molecule has 0 bridgehead atoms. The molecule has 0 saturated carbocycles. The van der Waals surface area contributed by atoms with Crippen molar-refractivity contribution in [2.24, 2.45) is 7.05 Å². The average Bonchev–Trinajstić information content (AvgIpc) is 3.07. The Bertz CT molecular complexity index is 1560. The Balaban J connectivity index is 1.63. The molecule has 1 aromatic heterocycles. The van der Waals surface area contributed by atoms with E-state index in [4.69, 9.17) is 0 Å². The van der Waals surface area contributed by atoms with Gasteiger partial charge in [-0.1, -0.05) is 30.3 Å². The van der Waals surface area contributed by atoms with Crippen molar-refractivity contribution in [3.05, 3.63) is 100 Å². The number of benzene rings is 3. The van der Waals surface area contributed by atoms with Gasteiger partial charge in [-0.15, -0.1) is 11.8 Å². The first kappa shape index (κ1) is 24.4. The largest absolute Gasteiger partial charge is 0.322 e. The standard InChI is InChI=1S/C25H24N4O4S2/c1-17-23(25(31)29(28(17)2)20-11-5-4-6-12-20)27-35(32,33)22-14-7-9-18(15-22)24(30)26-19-10-8-13-21(16-19)34-3/h4-16,27H,1-3H3,(H,26,30). The highest BCUT2D eigenvalue weighted by Crippen LogP contribution is 2.22. The van der Waals surface area contributed by atoms with Crippen LogP contribution in [0.25, 0.3) is 5.69 Å². The Morgan fingerprint density at radius 3 is 2.37 bits per heavy atom. The van der Waals surface area contributed by atoms with Crippen molar-refractivity contribution >= 4 is 39.1 Å². The van der Waals surface area contributed by atoms with Gasteiger partial charge < -0.3 is 5.32 Å². The van der Waals surface area contributed by atoms with Crippen LogP contribution >= 0.6 is 11.8 Å². The molecule has 1 heterocycles. The number of nitrogens with one attached hydrogen (secondary N) is 2. The van der Waals surface area contributed by atoms with Crippen LogP contribution < -0.4 is 15.6 Å². The van der Waals surface area contributed by atoms with Gasteiger partial charge in [0, 0.05) is 23.2 Å². The molecular formula is C25H24N4O4S2. The van der Waals surface area contributed by atoms with Gasteiger partial charge in [-0.3, -0.25) is 19.0 Å². The second-order valence-corrected chi connectivity index (χ2v) is 10.3. The van der Waals surface area contributed by atoms with E-state index in [2.05, 4.69) is 10.0 Å². The van der Waals surface area contributed by atoms with Crippen molar-refractivity contribution in [1.82, 2.24) is 9.36 Å². The molecule has 0 fully saturated rings. The predicted molar refractivity (Wildman–Crippen MR) is 139 cm³/mol. The lowest BCUT2D eigenvalue weighted by Gasteiger charge is -2.10. The van der Waals surface area contributed by atoms with Gasteiger partial charge in [0.05, 0.1) is 16.3 Å². The summed E-state index contributed by atoms with van der Waals surface area (Å²) in [5.41, 5.74) is 1.29. The third-order valence-corrected chi connectivity index (χ3v) is 7.60. The van der Waals surface area contributed by atoms with Gasteiger partial charge in [-0.25, -0.2) is 13.1 Å². The Morgan fingerprint density at radius 1 is 0.943 bits per heavy atom. The van der Waals surface area contributed by atoms with Gasteiger partial charge in [-0.05, 0) is 61.7 Å². The molecule has 0 aliphatic carbocycles. The Hall–Kier alpha value is -3.76. The fourth-order valence-electron chi connectivity index (χ4n) is 3.59. The summed E-state index contributed by atoms with van der Waals surface area (Å²) in [6, 6.07) is 22.0. The third-order valence-electron chi connectivity index (χ3n) is 5.52. The molecule has 4 aromatic rings. The molecule has 0 atom stereocenters. The molecule has 180 valence electrons. The number of hydrogen-bond donors (Lipinski definition) is 2. The number of rotatable bonds is 7. The number of amides is 1. The molecule has 0 aliphatic heterocycles. The van der Waals surface area contributed by atoms with Gasteiger partial charge in [0.15, 0.2) is 0 Å². The smallest absolute Gasteiger partial charge is 0.296 e. The summed E-state index contributed by atoms with van der Waals surface area (Å²) in [5.74, 6) is -0.442. The van der Waals surface area contributed by atoms with Crippen molar-refractivity contribution in [3.63, 3.8) is 0 Å². The summed E-state index contributed by atoms with van der Waals surface area (Å²) in [5, 5.41) is 2.78. The molecule has 2 N–H and O–H groups in total. The van der Waals surface area contributed by atoms with Gasteiger partial charge in [-0.2, -0.15) is 0 Å². The van der Waals surface area contributed by atoms with E-state index in [1.54, 1.807) is 60.7 Å². The van der Waals surface area contributed by atoms with Gasteiger partial charge >= 0.3 is 0 Å². The highest BCUT2D eigenvalue weighted by Gasteiger charge is 2.23. The summed E-state index contributed by atoms with van der Waals surface area (Å²) in [6.45, 7) is 1.66. The molecule has 4 rings (SSSR count). The van der Waals surface area contributed by atoms with Crippen molar-refractivity contribution in [3.8, 4) is 5.69 Å². The number of carbonyl (C=O) groups excluding carboxylic acids is 1. The van der Waals surface area contributed by atoms with Crippen molar-refractivity contribution < 1.29 is 13.2 Å². The number of hydrogen-bond acceptors (Lipinski definition) is 5. The molecule has 0 saturated heterocycles. The topological polar surface area (TPSA) is 102 Å². The minimum absolute atomic E-state index is 0.0555. The van der Waals surface area contributed by atoms with Crippen LogP contribution in [-0.4, -0.2) is 29.9 Å². The number of anilines is 2. The summed E-state index contributed by atoms with van der Waals surface area (Å²) < 4.78 is 31.7. The molecule has 35 heavy (non-hydrogen) atoms. The molecule has 0 aliphatic rings. The number of thioether (sulfide) groups is 1. The number of carbonyl (C=O) groups is 1. The predicted octanol–water partition coefficient (Wildman–Crippen LogP) is 4.26. The minimum Gasteiger partial charge on any atom is -0.322 e. The van der Waals surface area contributed by atoms with E-state index in [-0.39, 0.29) is 16.1 Å². The number of aromatic nitrogens is 2. The van der Waals surface area contributed by atoms with E-state index >= 15 is 0 Å². The van der Waals surface area contributed by atoms with Crippen LogP contribution in [-0.2, 0) is 17.1 Å². The summed E-state index contributed by atoms with van der Waals surface area (Å²) in [6.07, 6.45) is 1.94. The molecule has 1 amide bonds. The molecule has 0 spiro atoms. The van der Waals surface area contributed by atoms with E-state index in [1.807, 2.05) is 30.5 Å². The molecule has 0 radical (unpaired) electrons. The maximum Gasteiger partial charge on any atom is 0.296 e. The van der Waals surface area contributed by atoms with Gasteiger partial charge in [0.25, 0.3) is 21.5 Å². The molecule has 10 heteroatoms. The molecule has 0 unspecified atom stereocenters. The first-order valence-corrected chi connectivity index (χ1v) is 13.3. The maximum absolute atomic E-state index is 13.2. The van der Waals surface area contributed by atoms with Crippen molar-refractivity contribution in [2.75, 3.05) is 16.3 Å². The first-order valence-electron chi connectivity index (χ1n) is 10.6. The van der Waals surface area contributed by atoms with Crippen LogP contribution in [0.5, 0.6) is 0 Å². The SMILES string of the molecule is CSc1cccc(NC(=O)c2cccc(S(=O)(=O)Nc3c(C)n(C)n(-c4ccccc4)c3=O)c2)c1. The lowest BCUT2D eigenvalue weighted by Crippen LogP contribution is -2.23. The van der Waals surface area contributed by atoms with Gasteiger partial charge in [0.2, 0.25) is 0 Å². The second-order valence-electron chi connectivity index (χ2n) is 7.76. The second kappa shape index (κ2) is 9.85.